The molecule has 1 atom stereocenters. The molecule has 5 rings (SSSR count). The number of fused-ring (bicyclic) bond motifs is 2. The van der Waals surface area contributed by atoms with Gasteiger partial charge in [-0.25, -0.2) is 5.01 Å². The van der Waals surface area contributed by atoms with Gasteiger partial charge in [-0.05, 0) is 44.6 Å². The van der Waals surface area contributed by atoms with Gasteiger partial charge in [0.25, 0.3) is 0 Å². The van der Waals surface area contributed by atoms with Crippen LogP contribution in [0.1, 0.15) is 29.8 Å². The second-order valence-electron chi connectivity index (χ2n) is 6.84. The standard InChI is InChI=1S/C23H18N2OS/c1-15(26)25-21(14-20(24-25)22-11-6-12-27-22)23-18-9-4-2-7-16(18)13-17-8-3-5-10-19(17)23/h2-13,21H,14H2,1H3. The van der Waals surface area contributed by atoms with E-state index in [9.17, 15) is 4.79 Å². The van der Waals surface area contributed by atoms with Crippen LogP contribution in [-0.4, -0.2) is 16.6 Å². The van der Waals surface area contributed by atoms with Crippen LogP contribution in [-0.2, 0) is 4.79 Å². The van der Waals surface area contributed by atoms with Crippen LogP contribution < -0.4 is 0 Å². The maximum absolute atomic E-state index is 12.4. The van der Waals surface area contributed by atoms with E-state index in [4.69, 9.17) is 5.10 Å². The van der Waals surface area contributed by atoms with Crippen LogP contribution in [0.4, 0.5) is 0 Å². The molecule has 4 aromatic rings. The van der Waals surface area contributed by atoms with Crippen molar-refractivity contribution >= 4 is 44.5 Å². The van der Waals surface area contributed by atoms with E-state index in [1.807, 2.05) is 6.07 Å². The highest BCUT2D eigenvalue weighted by Crippen LogP contribution is 2.41. The van der Waals surface area contributed by atoms with E-state index < -0.39 is 0 Å². The highest BCUT2D eigenvalue weighted by Gasteiger charge is 2.33. The summed E-state index contributed by atoms with van der Waals surface area (Å²) in [5, 5.41) is 13.2. The third kappa shape index (κ3) is 2.64. The van der Waals surface area contributed by atoms with Gasteiger partial charge < -0.3 is 0 Å². The summed E-state index contributed by atoms with van der Waals surface area (Å²) in [6.07, 6.45) is 0.734. The first-order valence-corrected chi connectivity index (χ1v) is 9.92. The van der Waals surface area contributed by atoms with Gasteiger partial charge in [0.1, 0.15) is 0 Å². The van der Waals surface area contributed by atoms with Gasteiger partial charge in [-0.15, -0.1) is 11.3 Å². The van der Waals surface area contributed by atoms with Gasteiger partial charge in [0.15, 0.2) is 0 Å². The number of carbonyl (C=O) groups excluding carboxylic acids is 1. The van der Waals surface area contributed by atoms with Gasteiger partial charge >= 0.3 is 0 Å². The van der Waals surface area contributed by atoms with Crippen molar-refractivity contribution in [2.24, 2.45) is 5.10 Å². The molecule has 0 aliphatic carbocycles. The Morgan fingerprint density at radius 2 is 1.67 bits per heavy atom. The molecule has 27 heavy (non-hydrogen) atoms. The zero-order chi connectivity index (χ0) is 18.4. The predicted molar refractivity (Wildman–Crippen MR) is 112 cm³/mol. The molecule has 0 bridgehead atoms. The van der Waals surface area contributed by atoms with Crippen LogP contribution >= 0.6 is 11.3 Å². The second-order valence-corrected chi connectivity index (χ2v) is 7.79. The van der Waals surface area contributed by atoms with Crippen LogP contribution in [0.5, 0.6) is 0 Å². The third-order valence-electron chi connectivity index (χ3n) is 5.18. The van der Waals surface area contributed by atoms with Crippen LogP contribution in [0.2, 0.25) is 0 Å². The maximum Gasteiger partial charge on any atom is 0.240 e. The molecule has 0 spiro atoms. The SMILES string of the molecule is CC(=O)N1N=C(c2cccs2)CC1c1c2ccccc2cc2ccccc12. The lowest BCUT2D eigenvalue weighted by Crippen LogP contribution is -2.24. The lowest BCUT2D eigenvalue weighted by atomic mass is 9.90. The van der Waals surface area contributed by atoms with E-state index in [1.54, 1.807) is 23.3 Å². The summed E-state index contributed by atoms with van der Waals surface area (Å²) in [5.41, 5.74) is 2.18. The van der Waals surface area contributed by atoms with Gasteiger partial charge in [0, 0.05) is 13.3 Å². The number of thiophene rings is 1. The number of hydrogen-bond donors (Lipinski definition) is 0. The molecule has 1 aliphatic heterocycles. The summed E-state index contributed by atoms with van der Waals surface area (Å²) in [7, 11) is 0. The molecular weight excluding hydrogens is 352 g/mol. The Kier molecular flexibility index (Phi) is 3.80. The Labute approximate surface area is 161 Å². The van der Waals surface area contributed by atoms with E-state index in [-0.39, 0.29) is 11.9 Å². The average Bonchev–Trinajstić information content (AvgIpc) is 3.35. The minimum atomic E-state index is -0.0874. The van der Waals surface area contributed by atoms with Crippen molar-refractivity contribution in [1.82, 2.24) is 5.01 Å². The molecule has 0 saturated carbocycles. The Morgan fingerprint density at radius 3 is 2.26 bits per heavy atom. The van der Waals surface area contributed by atoms with Gasteiger partial charge in [-0.2, -0.15) is 5.10 Å². The van der Waals surface area contributed by atoms with Gasteiger partial charge in [0.05, 0.1) is 16.6 Å². The van der Waals surface area contributed by atoms with Crippen LogP contribution in [0.25, 0.3) is 21.5 Å². The minimum absolute atomic E-state index is 0.0245. The molecule has 0 saturated heterocycles. The number of benzene rings is 3. The van der Waals surface area contributed by atoms with Gasteiger partial charge in [-0.1, -0.05) is 54.6 Å². The molecule has 0 radical (unpaired) electrons. The summed E-state index contributed by atoms with van der Waals surface area (Å²) in [6, 6.07) is 23.1. The molecule has 0 fully saturated rings. The van der Waals surface area contributed by atoms with Gasteiger partial charge in [0.2, 0.25) is 5.91 Å². The van der Waals surface area contributed by atoms with Crippen molar-refractivity contribution in [3.8, 4) is 0 Å². The molecule has 3 nitrogen and oxygen atoms in total. The number of nitrogens with zero attached hydrogens (tertiary/aromatic N) is 2. The smallest absolute Gasteiger partial charge is 0.240 e. The molecule has 1 aliphatic rings. The van der Waals surface area contributed by atoms with Crippen molar-refractivity contribution in [2.75, 3.05) is 0 Å². The molecule has 2 heterocycles. The first-order chi connectivity index (χ1) is 13.2. The molecule has 0 N–H and O–H groups in total. The topological polar surface area (TPSA) is 32.7 Å². The van der Waals surface area contributed by atoms with E-state index >= 15 is 0 Å². The van der Waals surface area contributed by atoms with Gasteiger partial charge in [-0.3, -0.25) is 4.79 Å². The highest BCUT2D eigenvalue weighted by atomic mass is 32.1. The Bertz CT molecular complexity index is 1140. The number of rotatable bonds is 2. The zero-order valence-electron chi connectivity index (χ0n) is 14.9. The molecule has 1 aromatic heterocycles. The second kappa shape index (κ2) is 6.32. The van der Waals surface area contributed by atoms with Crippen molar-refractivity contribution in [1.29, 1.82) is 0 Å². The van der Waals surface area contributed by atoms with E-state index in [0.29, 0.717) is 0 Å². The highest BCUT2D eigenvalue weighted by molar-refractivity contribution is 7.12. The number of hydrogen-bond acceptors (Lipinski definition) is 3. The fraction of sp³-hybridized carbons (Fsp3) is 0.130. The number of carbonyl (C=O) groups is 1. The lowest BCUT2D eigenvalue weighted by molar-refractivity contribution is -0.130. The molecule has 132 valence electrons. The Morgan fingerprint density at radius 1 is 1.00 bits per heavy atom. The fourth-order valence-corrected chi connectivity index (χ4v) is 4.75. The maximum atomic E-state index is 12.4. The first kappa shape index (κ1) is 16.2. The summed E-state index contributed by atoms with van der Waals surface area (Å²) < 4.78 is 0. The van der Waals surface area contributed by atoms with Crippen molar-refractivity contribution in [3.63, 3.8) is 0 Å². The minimum Gasteiger partial charge on any atom is -0.273 e. The summed E-state index contributed by atoms with van der Waals surface area (Å²) in [6.45, 7) is 1.60. The predicted octanol–water partition coefficient (Wildman–Crippen LogP) is 5.75. The van der Waals surface area contributed by atoms with Crippen molar-refractivity contribution in [3.05, 3.63) is 82.6 Å². The van der Waals surface area contributed by atoms with Crippen LogP contribution in [0.3, 0.4) is 0 Å². The van der Waals surface area contributed by atoms with Crippen molar-refractivity contribution < 1.29 is 4.79 Å². The van der Waals surface area contributed by atoms with E-state index in [1.165, 1.54) is 27.1 Å². The molecular formula is C23H18N2OS. The first-order valence-electron chi connectivity index (χ1n) is 9.04. The normalized spacial score (nSPS) is 16.9. The largest absolute Gasteiger partial charge is 0.273 e. The monoisotopic (exact) mass is 370 g/mol. The quantitative estimate of drug-likeness (QED) is 0.413. The van der Waals surface area contributed by atoms with E-state index in [2.05, 4.69) is 66.0 Å². The number of amides is 1. The Hall–Kier alpha value is -2.98. The molecule has 1 unspecified atom stereocenters. The molecule has 4 heteroatoms. The summed E-state index contributed by atoms with van der Waals surface area (Å²) in [5.74, 6) is -0.0245. The van der Waals surface area contributed by atoms with Crippen LogP contribution in [0, 0.1) is 0 Å². The number of hydrazone groups is 1. The van der Waals surface area contributed by atoms with Crippen LogP contribution in [0.15, 0.2) is 77.2 Å². The summed E-state index contributed by atoms with van der Waals surface area (Å²) >= 11 is 1.67. The van der Waals surface area contributed by atoms with Crippen molar-refractivity contribution in [2.45, 2.75) is 19.4 Å². The Balaban J connectivity index is 1.75. The van der Waals surface area contributed by atoms with E-state index in [0.717, 1.165) is 17.0 Å². The molecule has 1 amide bonds. The molecule has 3 aromatic carbocycles. The summed E-state index contributed by atoms with van der Waals surface area (Å²) in [4.78, 5) is 13.6. The third-order valence-corrected chi connectivity index (χ3v) is 6.10. The average molecular weight is 370 g/mol. The zero-order valence-corrected chi connectivity index (χ0v) is 15.7. The lowest BCUT2D eigenvalue weighted by Gasteiger charge is -2.24. The fourth-order valence-electron chi connectivity index (χ4n) is 4.02.